The quantitative estimate of drug-likeness (QED) is 0.707. The minimum atomic E-state index is 0.0150. The van der Waals surface area contributed by atoms with Crippen molar-refractivity contribution in [2.45, 2.75) is 0 Å². The molecule has 0 amide bonds. The summed E-state index contributed by atoms with van der Waals surface area (Å²) in [5, 5.41) is 3.43. The summed E-state index contributed by atoms with van der Waals surface area (Å²) in [5.41, 5.74) is 4.77. The van der Waals surface area contributed by atoms with Gasteiger partial charge in [-0.15, -0.1) is 0 Å². The molecule has 3 aromatic carbocycles. The zero-order chi connectivity index (χ0) is 18.8. The van der Waals surface area contributed by atoms with Gasteiger partial charge in [0.25, 0.3) is 0 Å². The zero-order valence-electron chi connectivity index (χ0n) is 15.2. The molecule has 0 heterocycles. The molecule has 0 saturated carbocycles. The van der Waals surface area contributed by atoms with E-state index < -0.39 is 0 Å². The normalized spacial score (nSPS) is 12.7. The molecule has 0 fully saturated rings. The molecule has 0 unspecified atom stereocenters. The van der Waals surface area contributed by atoms with Gasteiger partial charge in [0.2, 0.25) is 0 Å². The molecule has 0 bridgehead atoms. The number of anilines is 1. The van der Waals surface area contributed by atoms with Crippen LogP contribution in [0.2, 0.25) is 0 Å². The molecule has 1 aliphatic carbocycles. The fourth-order valence-electron chi connectivity index (χ4n) is 3.29. The Morgan fingerprint density at radius 2 is 1.44 bits per heavy atom. The lowest BCUT2D eigenvalue weighted by molar-refractivity contribution is 0.105. The van der Waals surface area contributed by atoms with Crippen LogP contribution in [0.4, 0.5) is 5.69 Å². The van der Waals surface area contributed by atoms with E-state index in [2.05, 4.69) is 5.32 Å². The molecule has 134 valence electrons. The number of hydrogen-bond acceptors (Lipinski definition) is 4. The van der Waals surface area contributed by atoms with E-state index in [9.17, 15) is 4.79 Å². The Morgan fingerprint density at radius 1 is 0.741 bits per heavy atom. The molecule has 0 spiro atoms. The van der Waals surface area contributed by atoms with Crippen LogP contribution in [-0.4, -0.2) is 20.0 Å². The molecular weight excluding hydrogens is 338 g/mol. The molecule has 0 atom stereocenters. The predicted octanol–water partition coefficient (Wildman–Crippen LogP) is 4.88. The van der Waals surface area contributed by atoms with Crippen LogP contribution >= 0.6 is 0 Å². The molecule has 0 aliphatic heterocycles. The van der Waals surface area contributed by atoms with Crippen LogP contribution in [0.25, 0.3) is 11.3 Å². The predicted molar refractivity (Wildman–Crippen MR) is 107 cm³/mol. The number of nitrogens with one attached hydrogen (secondary N) is 1. The fraction of sp³-hybridized carbons (Fsp3) is 0.0870. The van der Waals surface area contributed by atoms with Crippen molar-refractivity contribution in [3.63, 3.8) is 0 Å². The summed E-state index contributed by atoms with van der Waals surface area (Å²) in [6, 6.07) is 22.9. The Morgan fingerprint density at radius 3 is 2.15 bits per heavy atom. The first-order valence-electron chi connectivity index (χ1n) is 8.65. The number of fused-ring (bicyclic) bond motifs is 1. The number of ketones is 1. The third kappa shape index (κ3) is 3.06. The number of methoxy groups -OCH3 is 2. The minimum Gasteiger partial charge on any atom is -0.497 e. The van der Waals surface area contributed by atoms with E-state index in [1.165, 1.54) is 0 Å². The summed E-state index contributed by atoms with van der Waals surface area (Å²) in [7, 11) is 3.26. The van der Waals surface area contributed by atoms with Crippen molar-refractivity contribution in [1.29, 1.82) is 0 Å². The number of ether oxygens (including phenoxy) is 2. The maximum Gasteiger partial charge on any atom is 0.196 e. The maximum atomic E-state index is 13.1. The van der Waals surface area contributed by atoms with Crippen LogP contribution in [0.3, 0.4) is 0 Å². The largest absolute Gasteiger partial charge is 0.497 e. The molecule has 1 aliphatic rings. The van der Waals surface area contributed by atoms with Crippen molar-refractivity contribution in [3.8, 4) is 11.5 Å². The Hall–Kier alpha value is -3.53. The first-order valence-corrected chi connectivity index (χ1v) is 8.65. The molecule has 1 N–H and O–H groups in total. The van der Waals surface area contributed by atoms with E-state index >= 15 is 0 Å². The molecule has 3 aromatic rings. The highest BCUT2D eigenvalue weighted by molar-refractivity contribution is 6.40. The standard InChI is InChI=1S/C23H19NO3/c1-26-17-12-10-15(11-13-17)21-22(19-8-3-4-9-20(19)23(21)25)24-16-6-5-7-18(14-16)27-2/h3-14,24H,1-2H3. The van der Waals surface area contributed by atoms with Crippen LogP contribution in [0.15, 0.2) is 72.8 Å². The third-order valence-electron chi connectivity index (χ3n) is 4.64. The van der Waals surface area contributed by atoms with E-state index in [0.29, 0.717) is 11.1 Å². The molecule has 0 radical (unpaired) electrons. The molecule has 0 aromatic heterocycles. The maximum absolute atomic E-state index is 13.1. The number of rotatable bonds is 5. The van der Waals surface area contributed by atoms with E-state index in [-0.39, 0.29) is 5.78 Å². The van der Waals surface area contributed by atoms with Gasteiger partial charge in [0.05, 0.1) is 25.5 Å². The summed E-state index contributed by atoms with van der Waals surface area (Å²) in [6.45, 7) is 0. The summed E-state index contributed by atoms with van der Waals surface area (Å²) in [6.07, 6.45) is 0. The number of carbonyl (C=O) groups is 1. The van der Waals surface area contributed by atoms with Gasteiger partial charge < -0.3 is 14.8 Å². The second kappa shape index (κ2) is 7.00. The highest BCUT2D eigenvalue weighted by Gasteiger charge is 2.30. The number of hydrogen-bond donors (Lipinski definition) is 1. The Labute approximate surface area is 158 Å². The number of Topliss-reactive ketones (excluding diaryl/α,β-unsaturated/α-hetero) is 1. The van der Waals surface area contributed by atoms with Gasteiger partial charge in [-0.25, -0.2) is 0 Å². The molecule has 4 heteroatoms. The topological polar surface area (TPSA) is 47.6 Å². The van der Waals surface area contributed by atoms with Crippen molar-refractivity contribution in [3.05, 3.63) is 89.5 Å². The van der Waals surface area contributed by atoms with Crippen LogP contribution in [0, 0.1) is 0 Å². The summed E-state index contributed by atoms with van der Waals surface area (Å²) < 4.78 is 10.5. The summed E-state index contributed by atoms with van der Waals surface area (Å²) in [4.78, 5) is 13.1. The average Bonchev–Trinajstić information content (AvgIpc) is 3.00. The number of carbonyl (C=O) groups excluding carboxylic acids is 1. The number of allylic oxidation sites excluding steroid dienone is 1. The first-order chi connectivity index (χ1) is 13.2. The van der Waals surface area contributed by atoms with Crippen molar-refractivity contribution in [2.75, 3.05) is 19.5 Å². The Kier molecular flexibility index (Phi) is 4.38. The molecule has 0 saturated heterocycles. The van der Waals surface area contributed by atoms with Gasteiger partial charge in [-0.2, -0.15) is 0 Å². The van der Waals surface area contributed by atoms with E-state index in [0.717, 1.165) is 34.0 Å². The van der Waals surface area contributed by atoms with Gasteiger partial charge >= 0.3 is 0 Å². The molecule has 4 nitrogen and oxygen atoms in total. The lowest BCUT2D eigenvalue weighted by Gasteiger charge is -2.13. The minimum absolute atomic E-state index is 0.0150. The molecule has 27 heavy (non-hydrogen) atoms. The summed E-state index contributed by atoms with van der Waals surface area (Å²) >= 11 is 0. The Balaban J connectivity index is 1.84. The molecule has 4 rings (SSSR count). The van der Waals surface area contributed by atoms with Crippen molar-refractivity contribution < 1.29 is 14.3 Å². The highest BCUT2D eigenvalue weighted by atomic mass is 16.5. The van der Waals surface area contributed by atoms with E-state index in [1.54, 1.807) is 14.2 Å². The third-order valence-corrected chi connectivity index (χ3v) is 4.64. The second-order valence-corrected chi connectivity index (χ2v) is 6.21. The smallest absolute Gasteiger partial charge is 0.196 e. The van der Waals surface area contributed by atoms with Gasteiger partial charge in [-0.05, 0) is 29.8 Å². The SMILES string of the molecule is COc1ccc(C2=C(Nc3cccc(OC)c3)c3ccccc3C2=O)cc1. The number of benzene rings is 3. The highest BCUT2D eigenvalue weighted by Crippen LogP contribution is 2.39. The van der Waals surface area contributed by atoms with Gasteiger partial charge in [-0.1, -0.05) is 42.5 Å². The lowest BCUT2D eigenvalue weighted by Crippen LogP contribution is -2.01. The monoisotopic (exact) mass is 357 g/mol. The average molecular weight is 357 g/mol. The lowest BCUT2D eigenvalue weighted by atomic mass is 10.0. The van der Waals surface area contributed by atoms with E-state index in [1.807, 2.05) is 72.8 Å². The molecular formula is C23H19NO3. The van der Waals surface area contributed by atoms with Crippen molar-refractivity contribution in [2.24, 2.45) is 0 Å². The van der Waals surface area contributed by atoms with Crippen LogP contribution in [0.1, 0.15) is 21.5 Å². The van der Waals surface area contributed by atoms with E-state index in [4.69, 9.17) is 9.47 Å². The van der Waals surface area contributed by atoms with Gasteiger partial charge in [0.15, 0.2) is 5.78 Å². The summed E-state index contributed by atoms with van der Waals surface area (Å²) in [5.74, 6) is 1.52. The zero-order valence-corrected chi connectivity index (χ0v) is 15.2. The van der Waals surface area contributed by atoms with Crippen LogP contribution in [-0.2, 0) is 0 Å². The van der Waals surface area contributed by atoms with Crippen molar-refractivity contribution >= 4 is 22.7 Å². The Bertz CT molecular complexity index is 1040. The van der Waals surface area contributed by atoms with Gasteiger partial charge in [0, 0.05) is 22.9 Å². The van der Waals surface area contributed by atoms with Crippen molar-refractivity contribution in [1.82, 2.24) is 0 Å². The van der Waals surface area contributed by atoms with Crippen LogP contribution in [0.5, 0.6) is 11.5 Å². The second-order valence-electron chi connectivity index (χ2n) is 6.21. The van der Waals surface area contributed by atoms with Gasteiger partial charge in [-0.3, -0.25) is 4.79 Å². The first kappa shape index (κ1) is 16.9. The van der Waals surface area contributed by atoms with Crippen LogP contribution < -0.4 is 14.8 Å². The van der Waals surface area contributed by atoms with Gasteiger partial charge in [0.1, 0.15) is 11.5 Å². The fourth-order valence-corrected chi connectivity index (χ4v) is 3.29.